The molecule has 0 saturated heterocycles. The number of pyridine rings is 1. The second-order valence-corrected chi connectivity index (χ2v) is 14.2. The van der Waals surface area contributed by atoms with Crippen molar-refractivity contribution in [1.29, 1.82) is 0 Å². The third kappa shape index (κ3) is 9.66. The van der Waals surface area contributed by atoms with Crippen molar-refractivity contribution in [1.82, 2.24) is 9.88 Å². The van der Waals surface area contributed by atoms with Gasteiger partial charge in [0.25, 0.3) is 0 Å². The Morgan fingerprint density at radius 2 is 1.53 bits per heavy atom. The van der Waals surface area contributed by atoms with Gasteiger partial charge in [0.1, 0.15) is 23.3 Å². The fourth-order valence-electron chi connectivity index (χ4n) is 5.47. The normalized spacial score (nSPS) is 13.2. The molecular weight excluding hydrogens is 713 g/mol. The number of rotatable bonds is 18. The van der Waals surface area contributed by atoms with Gasteiger partial charge in [0.15, 0.2) is 23.1 Å². The van der Waals surface area contributed by atoms with Gasteiger partial charge < -0.3 is 38.8 Å². The first-order valence-corrected chi connectivity index (χ1v) is 18.7. The fourth-order valence-corrected chi connectivity index (χ4v) is 7.26. The number of carbonyl (C=O) groups excluding carboxylic acids is 3. The Balaban J connectivity index is 1.24. The SMILES string of the molecule is CCOP(=O)(CN(CCCOc1cc2c(Oc3ccc(NC(=O)C4(C(=O)Nc5ccc(F)cc5)CC4)cc3F)ccnc2cc1OC)C(C)=O)OCC. The number of hydrogen-bond acceptors (Lipinski definition) is 10. The van der Waals surface area contributed by atoms with Crippen LogP contribution in [-0.2, 0) is 28.0 Å². The van der Waals surface area contributed by atoms with Gasteiger partial charge in [-0.2, -0.15) is 0 Å². The van der Waals surface area contributed by atoms with E-state index in [2.05, 4.69) is 15.6 Å². The van der Waals surface area contributed by atoms with Gasteiger partial charge in [0.2, 0.25) is 17.7 Å². The van der Waals surface area contributed by atoms with Crippen molar-refractivity contribution in [3.8, 4) is 23.0 Å². The average molecular weight is 755 g/mol. The van der Waals surface area contributed by atoms with Gasteiger partial charge in [0, 0.05) is 48.6 Å². The molecule has 3 amide bonds. The van der Waals surface area contributed by atoms with Gasteiger partial charge in [-0.25, -0.2) is 8.78 Å². The molecule has 0 radical (unpaired) electrons. The van der Waals surface area contributed by atoms with Gasteiger partial charge in [0.05, 0.1) is 32.4 Å². The first-order chi connectivity index (χ1) is 25.4. The van der Waals surface area contributed by atoms with Gasteiger partial charge >= 0.3 is 7.60 Å². The number of halogens is 2. The summed E-state index contributed by atoms with van der Waals surface area (Å²) in [5.74, 6) is -1.78. The summed E-state index contributed by atoms with van der Waals surface area (Å²) in [5.41, 5.74) is -0.357. The van der Waals surface area contributed by atoms with E-state index >= 15 is 4.39 Å². The molecule has 0 spiro atoms. The molecule has 1 aliphatic rings. The van der Waals surface area contributed by atoms with E-state index < -0.39 is 36.5 Å². The van der Waals surface area contributed by atoms with Crippen LogP contribution in [0.25, 0.3) is 10.9 Å². The summed E-state index contributed by atoms with van der Waals surface area (Å²) in [7, 11) is -2.01. The van der Waals surface area contributed by atoms with Crippen LogP contribution < -0.4 is 24.8 Å². The molecule has 13 nitrogen and oxygen atoms in total. The number of ether oxygens (including phenoxy) is 3. The van der Waals surface area contributed by atoms with Crippen molar-refractivity contribution < 1.29 is 51.0 Å². The number of nitrogens with zero attached hydrogens (tertiary/aromatic N) is 2. The van der Waals surface area contributed by atoms with Crippen LogP contribution >= 0.6 is 7.60 Å². The molecule has 1 heterocycles. The molecule has 0 atom stereocenters. The number of methoxy groups -OCH3 is 1. The third-order valence-electron chi connectivity index (χ3n) is 8.39. The fraction of sp³-hybridized carbons (Fsp3) is 0.351. The Labute approximate surface area is 305 Å². The Kier molecular flexibility index (Phi) is 12.7. The molecular formula is C37H41F2N4O9P. The zero-order valence-electron chi connectivity index (χ0n) is 29.8. The Morgan fingerprint density at radius 3 is 2.13 bits per heavy atom. The molecule has 1 aromatic heterocycles. The van der Waals surface area contributed by atoms with Crippen LogP contribution in [0.5, 0.6) is 23.0 Å². The molecule has 53 heavy (non-hydrogen) atoms. The summed E-state index contributed by atoms with van der Waals surface area (Å²) in [6.45, 7) is 5.51. The Hall–Kier alpha value is -5.11. The van der Waals surface area contributed by atoms with Crippen LogP contribution in [0.15, 0.2) is 66.9 Å². The van der Waals surface area contributed by atoms with E-state index in [1.54, 1.807) is 32.0 Å². The summed E-state index contributed by atoms with van der Waals surface area (Å²) in [4.78, 5) is 44.1. The van der Waals surface area contributed by atoms with E-state index in [-0.39, 0.29) is 55.7 Å². The van der Waals surface area contributed by atoms with Crippen LogP contribution in [-0.4, -0.2) is 67.4 Å². The van der Waals surface area contributed by atoms with Gasteiger partial charge in [-0.05, 0) is 81.6 Å². The number of aromatic nitrogens is 1. The molecule has 4 aromatic rings. The molecule has 2 N–H and O–H groups in total. The lowest BCUT2D eigenvalue weighted by molar-refractivity contribution is -0.131. The molecule has 1 aliphatic carbocycles. The second kappa shape index (κ2) is 17.1. The standard InChI is InChI=1S/C37H41F2N4O9P/c1-5-50-53(47,51-6-2)23-43(24(3)44)18-7-19-49-34-21-28-30(22-33(34)48-4)40-17-14-31(28)52-32-13-12-27(20-29(32)39)42-36(46)37(15-16-37)35(45)41-26-10-8-25(38)9-11-26/h8-14,17,20-22H,5-7,15-16,18-19,23H2,1-4H3,(H,41,45)(H,42,46). The monoisotopic (exact) mass is 754 g/mol. The third-order valence-corrected chi connectivity index (χ3v) is 10.4. The largest absolute Gasteiger partial charge is 0.493 e. The van der Waals surface area contributed by atoms with Gasteiger partial charge in [-0.3, -0.25) is 23.9 Å². The van der Waals surface area contributed by atoms with E-state index in [1.807, 2.05) is 0 Å². The topological polar surface area (TPSA) is 155 Å². The summed E-state index contributed by atoms with van der Waals surface area (Å²) in [6, 6.07) is 14.0. The van der Waals surface area contributed by atoms with Gasteiger partial charge in [-0.15, -0.1) is 0 Å². The van der Waals surface area contributed by atoms with E-state index in [9.17, 15) is 23.3 Å². The highest BCUT2D eigenvalue weighted by Crippen LogP contribution is 2.49. The molecule has 16 heteroatoms. The van der Waals surface area contributed by atoms with Crippen LogP contribution in [0.4, 0.5) is 20.2 Å². The molecule has 282 valence electrons. The number of fused-ring (bicyclic) bond motifs is 1. The zero-order valence-corrected chi connectivity index (χ0v) is 30.7. The van der Waals surface area contributed by atoms with Crippen molar-refractivity contribution >= 4 is 47.6 Å². The molecule has 5 rings (SSSR count). The minimum atomic E-state index is -3.49. The summed E-state index contributed by atoms with van der Waals surface area (Å²) in [6.07, 6.45) is 2.31. The maximum absolute atomic E-state index is 15.4. The lowest BCUT2D eigenvalue weighted by Gasteiger charge is -2.26. The lowest BCUT2D eigenvalue weighted by Crippen LogP contribution is -2.35. The lowest BCUT2D eigenvalue weighted by atomic mass is 10.0. The molecule has 3 aromatic carbocycles. The molecule has 0 unspecified atom stereocenters. The predicted molar refractivity (Wildman–Crippen MR) is 193 cm³/mol. The average Bonchev–Trinajstić information content (AvgIpc) is 3.94. The number of amides is 3. The molecule has 1 saturated carbocycles. The maximum atomic E-state index is 15.4. The van der Waals surface area contributed by atoms with E-state index in [0.29, 0.717) is 47.4 Å². The Bertz CT molecular complexity index is 2000. The Morgan fingerprint density at radius 1 is 0.868 bits per heavy atom. The molecule has 0 bridgehead atoms. The first kappa shape index (κ1) is 39.1. The number of nitrogens with one attached hydrogen (secondary N) is 2. The second-order valence-electron chi connectivity index (χ2n) is 12.1. The first-order valence-electron chi connectivity index (χ1n) is 17.0. The number of carbonyl (C=O) groups is 3. The zero-order chi connectivity index (χ0) is 38.2. The highest BCUT2D eigenvalue weighted by Gasteiger charge is 2.56. The number of benzene rings is 3. The summed E-state index contributed by atoms with van der Waals surface area (Å²) >= 11 is 0. The highest BCUT2D eigenvalue weighted by molar-refractivity contribution is 7.53. The predicted octanol–water partition coefficient (Wildman–Crippen LogP) is 7.51. The van der Waals surface area contributed by atoms with Crippen molar-refractivity contribution in [2.75, 3.05) is 50.4 Å². The van der Waals surface area contributed by atoms with Crippen LogP contribution in [0.3, 0.4) is 0 Å². The smallest absolute Gasteiger partial charge is 0.349 e. The van der Waals surface area contributed by atoms with Crippen molar-refractivity contribution in [2.45, 2.75) is 40.0 Å². The minimum Gasteiger partial charge on any atom is -0.493 e. The van der Waals surface area contributed by atoms with E-state index in [1.165, 1.54) is 61.5 Å². The van der Waals surface area contributed by atoms with Crippen LogP contribution in [0.2, 0.25) is 0 Å². The summed E-state index contributed by atoms with van der Waals surface area (Å²) < 4.78 is 69.8. The van der Waals surface area contributed by atoms with Crippen molar-refractivity contribution in [3.63, 3.8) is 0 Å². The minimum absolute atomic E-state index is 0.127. The number of hydrogen-bond donors (Lipinski definition) is 2. The van der Waals surface area contributed by atoms with Crippen LogP contribution in [0.1, 0.15) is 40.0 Å². The quantitative estimate of drug-likeness (QED) is 0.0593. The number of anilines is 2. The molecule has 1 fully saturated rings. The highest BCUT2D eigenvalue weighted by atomic mass is 31.2. The molecule has 0 aliphatic heterocycles. The van der Waals surface area contributed by atoms with Crippen molar-refractivity contribution in [3.05, 3.63) is 78.5 Å². The van der Waals surface area contributed by atoms with E-state index in [4.69, 9.17) is 23.3 Å². The van der Waals surface area contributed by atoms with Crippen LogP contribution in [0, 0.1) is 17.0 Å². The summed E-state index contributed by atoms with van der Waals surface area (Å²) in [5, 5.41) is 5.74. The maximum Gasteiger partial charge on any atom is 0.349 e. The van der Waals surface area contributed by atoms with Gasteiger partial charge in [-0.1, -0.05) is 0 Å². The van der Waals surface area contributed by atoms with E-state index in [0.717, 1.165) is 6.07 Å². The van der Waals surface area contributed by atoms with Crippen molar-refractivity contribution in [2.24, 2.45) is 5.41 Å².